The summed E-state index contributed by atoms with van der Waals surface area (Å²) in [6.07, 6.45) is 8.99. The SMILES string of the molecule is CCc1ncc(CN2CCC[C@@H]2c2[nH]ncc2-c2cccc(OC)c2)cn1. The van der Waals surface area contributed by atoms with Gasteiger partial charge >= 0.3 is 0 Å². The highest BCUT2D eigenvalue weighted by Gasteiger charge is 2.29. The van der Waals surface area contributed by atoms with Gasteiger partial charge in [0.15, 0.2) is 0 Å². The lowest BCUT2D eigenvalue weighted by Crippen LogP contribution is -2.23. The molecule has 0 unspecified atom stereocenters. The van der Waals surface area contributed by atoms with E-state index in [1.807, 2.05) is 30.7 Å². The maximum atomic E-state index is 5.38. The van der Waals surface area contributed by atoms with Gasteiger partial charge in [-0.3, -0.25) is 10.00 Å². The summed E-state index contributed by atoms with van der Waals surface area (Å²) in [6, 6.07) is 8.47. The Morgan fingerprint density at radius 1 is 1.22 bits per heavy atom. The van der Waals surface area contributed by atoms with Crippen LogP contribution in [0.2, 0.25) is 0 Å². The summed E-state index contributed by atoms with van der Waals surface area (Å²) in [6.45, 7) is 3.99. The highest BCUT2D eigenvalue weighted by atomic mass is 16.5. The van der Waals surface area contributed by atoms with Gasteiger partial charge in [-0.25, -0.2) is 9.97 Å². The Labute approximate surface area is 159 Å². The molecule has 0 spiro atoms. The fourth-order valence-electron chi connectivity index (χ4n) is 3.79. The lowest BCUT2D eigenvalue weighted by atomic mass is 10.0. The summed E-state index contributed by atoms with van der Waals surface area (Å²) in [5.74, 6) is 1.75. The molecule has 0 bridgehead atoms. The van der Waals surface area contributed by atoms with Crippen LogP contribution in [0.5, 0.6) is 5.75 Å². The number of ether oxygens (including phenoxy) is 1. The molecule has 0 amide bonds. The zero-order valence-electron chi connectivity index (χ0n) is 15.9. The van der Waals surface area contributed by atoms with Crippen LogP contribution in [-0.2, 0) is 13.0 Å². The van der Waals surface area contributed by atoms with E-state index in [9.17, 15) is 0 Å². The van der Waals surface area contributed by atoms with Crippen molar-refractivity contribution in [1.29, 1.82) is 0 Å². The molecule has 1 aliphatic rings. The van der Waals surface area contributed by atoms with Crippen LogP contribution >= 0.6 is 0 Å². The van der Waals surface area contributed by atoms with E-state index in [0.29, 0.717) is 6.04 Å². The van der Waals surface area contributed by atoms with Crippen molar-refractivity contribution in [3.63, 3.8) is 0 Å². The molecule has 0 radical (unpaired) electrons. The molecule has 0 saturated carbocycles. The van der Waals surface area contributed by atoms with Crippen LogP contribution in [0.25, 0.3) is 11.1 Å². The smallest absolute Gasteiger partial charge is 0.127 e. The molecule has 3 aromatic rings. The number of nitrogens with zero attached hydrogens (tertiary/aromatic N) is 4. The minimum Gasteiger partial charge on any atom is -0.497 e. The number of hydrogen-bond acceptors (Lipinski definition) is 5. The number of aromatic nitrogens is 4. The molecule has 1 atom stereocenters. The average Bonchev–Trinajstić information content (AvgIpc) is 3.37. The van der Waals surface area contributed by atoms with Crippen molar-refractivity contribution in [3.8, 4) is 16.9 Å². The first-order valence-electron chi connectivity index (χ1n) is 9.50. The van der Waals surface area contributed by atoms with Gasteiger partial charge in [0.1, 0.15) is 11.6 Å². The second-order valence-electron chi connectivity index (χ2n) is 6.92. The Balaban J connectivity index is 1.58. The summed E-state index contributed by atoms with van der Waals surface area (Å²) < 4.78 is 5.38. The molecular weight excluding hydrogens is 338 g/mol. The molecule has 6 heteroatoms. The van der Waals surface area contributed by atoms with Crippen LogP contribution in [0.4, 0.5) is 0 Å². The Morgan fingerprint density at radius 2 is 2.07 bits per heavy atom. The van der Waals surface area contributed by atoms with E-state index < -0.39 is 0 Å². The predicted octanol–water partition coefficient (Wildman–Crippen LogP) is 3.77. The molecule has 1 N–H and O–H groups in total. The van der Waals surface area contributed by atoms with Crippen molar-refractivity contribution in [2.24, 2.45) is 0 Å². The Kier molecular flexibility index (Phi) is 5.16. The number of nitrogens with one attached hydrogen (secondary N) is 1. The van der Waals surface area contributed by atoms with Crippen LogP contribution < -0.4 is 4.74 Å². The Bertz CT molecular complexity index is 890. The van der Waals surface area contributed by atoms with Gasteiger partial charge in [-0.2, -0.15) is 5.10 Å². The first-order valence-corrected chi connectivity index (χ1v) is 9.50. The summed E-state index contributed by atoms with van der Waals surface area (Å²) >= 11 is 0. The lowest BCUT2D eigenvalue weighted by molar-refractivity contribution is 0.244. The minimum atomic E-state index is 0.319. The molecule has 4 rings (SSSR count). The molecular formula is C21H25N5O. The highest BCUT2D eigenvalue weighted by molar-refractivity contribution is 5.67. The van der Waals surface area contributed by atoms with Crippen molar-refractivity contribution < 1.29 is 4.74 Å². The first kappa shape index (κ1) is 17.7. The Hall–Kier alpha value is -2.73. The normalized spacial score (nSPS) is 17.3. The molecule has 1 aromatic carbocycles. The third-order valence-electron chi connectivity index (χ3n) is 5.21. The van der Waals surface area contributed by atoms with E-state index in [2.05, 4.69) is 44.1 Å². The lowest BCUT2D eigenvalue weighted by Gasteiger charge is -2.24. The second-order valence-corrected chi connectivity index (χ2v) is 6.92. The van der Waals surface area contributed by atoms with Crippen LogP contribution in [0.3, 0.4) is 0 Å². The number of rotatable bonds is 6. The van der Waals surface area contributed by atoms with Crippen molar-refractivity contribution in [1.82, 2.24) is 25.1 Å². The topological polar surface area (TPSA) is 66.9 Å². The van der Waals surface area contributed by atoms with Crippen molar-refractivity contribution in [2.75, 3.05) is 13.7 Å². The summed E-state index contributed by atoms with van der Waals surface area (Å²) in [4.78, 5) is 11.4. The van der Waals surface area contributed by atoms with E-state index in [-0.39, 0.29) is 0 Å². The third kappa shape index (κ3) is 3.71. The van der Waals surface area contributed by atoms with Crippen LogP contribution in [0, 0.1) is 0 Å². The van der Waals surface area contributed by atoms with Gasteiger partial charge < -0.3 is 4.74 Å². The van der Waals surface area contributed by atoms with Gasteiger partial charge in [0.2, 0.25) is 0 Å². The van der Waals surface area contributed by atoms with Crippen LogP contribution in [0.15, 0.2) is 42.9 Å². The third-order valence-corrected chi connectivity index (χ3v) is 5.21. The largest absolute Gasteiger partial charge is 0.497 e. The zero-order valence-corrected chi connectivity index (χ0v) is 15.9. The zero-order chi connectivity index (χ0) is 18.6. The van der Waals surface area contributed by atoms with Gasteiger partial charge in [-0.15, -0.1) is 0 Å². The number of likely N-dealkylation sites (tertiary alicyclic amines) is 1. The number of aryl methyl sites for hydroxylation is 1. The summed E-state index contributed by atoms with van der Waals surface area (Å²) in [5, 5.41) is 7.60. The predicted molar refractivity (Wildman–Crippen MR) is 104 cm³/mol. The van der Waals surface area contributed by atoms with Gasteiger partial charge in [0, 0.05) is 36.5 Å². The molecule has 27 heavy (non-hydrogen) atoms. The molecule has 1 saturated heterocycles. The van der Waals surface area contributed by atoms with Gasteiger partial charge in [0.05, 0.1) is 25.0 Å². The molecule has 1 aliphatic heterocycles. The monoisotopic (exact) mass is 363 g/mol. The minimum absolute atomic E-state index is 0.319. The van der Waals surface area contributed by atoms with Crippen LogP contribution in [0.1, 0.15) is 42.9 Å². The fourth-order valence-corrected chi connectivity index (χ4v) is 3.79. The average molecular weight is 363 g/mol. The molecule has 0 aliphatic carbocycles. The maximum absolute atomic E-state index is 5.38. The van der Waals surface area contributed by atoms with Crippen molar-refractivity contribution in [2.45, 2.75) is 38.8 Å². The van der Waals surface area contributed by atoms with Gasteiger partial charge in [0.25, 0.3) is 0 Å². The Morgan fingerprint density at radius 3 is 2.85 bits per heavy atom. The second kappa shape index (κ2) is 7.88. The molecule has 1 fully saturated rings. The molecule has 140 valence electrons. The summed E-state index contributed by atoms with van der Waals surface area (Å²) in [7, 11) is 1.69. The summed E-state index contributed by atoms with van der Waals surface area (Å²) in [5.41, 5.74) is 4.59. The standard InChI is InChI=1S/C21H25N5O/c1-3-20-22-11-15(12-23-20)14-26-9-5-8-19(26)21-18(13-24-25-21)16-6-4-7-17(10-16)27-2/h4,6-7,10-13,19H,3,5,8-9,14H2,1-2H3,(H,24,25)/t19-/m1/s1. The molecule has 6 nitrogen and oxygen atoms in total. The highest BCUT2D eigenvalue weighted by Crippen LogP contribution is 2.37. The number of hydrogen-bond donors (Lipinski definition) is 1. The van der Waals surface area contributed by atoms with E-state index in [1.165, 1.54) is 12.1 Å². The van der Waals surface area contributed by atoms with Crippen molar-refractivity contribution >= 4 is 0 Å². The number of H-pyrrole nitrogens is 1. The number of methoxy groups -OCH3 is 1. The first-order chi connectivity index (χ1) is 13.3. The van der Waals surface area contributed by atoms with E-state index in [1.54, 1.807) is 7.11 Å². The van der Waals surface area contributed by atoms with E-state index >= 15 is 0 Å². The van der Waals surface area contributed by atoms with Crippen LogP contribution in [-0.4, -0.2) is 38.7 Å². The fraction of sp³-hybridized carbons (Fsp3) is 0.381. The maximum Gasteiger partial charge on any atom is 0.127 e. The van der Waals surface area contributed by atoms with Crippen molar-refractivity contribution in [3.05, 3.63) is 59.9 Å². The molecule has 2 aromatic heterocycles. The van der Waals surface area contributed by atoms with Gasteiger partial charge in [-0.1, -0.05) is 19.1 Å². The van der Waals surface area contributed by atoms with E-state index in [4.69, 9.17) is 4.74 Å². The quantitative estimate of drug-likeness (QED) is 0.722. The number of aromatic amines is 1. The van der Waals surface area contributed by atoms with E-state index in [0.717, 1.165) is 54.2 Å². The molecule has 3 heterocycles. The number of benzene rings is 1. The van der Waals surface area contributed by atoms with Gasteiger partial charge in [-0.05, 0) is 37.1 Å².